The summed E-state index contributed by atoms with van der Waals surface area (Å²) in [4.78, 5) is 22.1. The van der Waals surface area contributed by atoms with Crippen LogP contribution in [-0.4, -0.2) is 43.1 Å². The number of hydrogen-bond donors (Lipinski definition) is 1. The van der Waals surface area contributed by atoms with Gasteiger partial charge in [-0.15, -0.1) is 5.10 Å². The molecule has 3 aromatic rings. The second-order valence-electron chi connectivity index (χ2n) is 7.74. The molecule has 10 heteroatoms. The number of rotatable bonds is 9. The Labute approximate surface area is 185 Å². The van der Waals surface area contributed by atoms with E-state index in [0.717, 1.165) is 12.0 Å². The SMILES string of the molecule is CC(CC1CC1)OC(=O)Nc1cccc(CON=C(c2ccccc2)c2nnnn2C)n1. The molecule has 0 bridgehead atoms. The van der Waals surface area contributed by atoms with Crippen molar-refractivity contribution in [1.82, 2.24) is 25.2 Å². The van der Waals surface area contributed by atoms with Gasteiger partial charge in [0.05, 0.1) is 5.69 Å². The zero-order valence-electron chi connectivity index (χ0n) is 18.0. The van der Waals surface area contributed by atoms with Crippen molar-refractivity contribution in [3.05, 3.63) is 65.6 Å². The largest absolute Gasteiger partial charge is 0.446 e. The van der Waals surface area contributed by atoms with Gasteiger partial charge in [0, 0.05) is 12.6 Å². The second-order valence-corrected chi connectivity index (χ2v) is 7.74. The summed E-state index contributed by atoms with van der Waals surface area (Å²) < 4.78 is 6.92. The Morgan fingerprint density at radius 3 is 2.75 bits per heavy atom. The van der Waals surface area contributed by atoms with E-state index in [9.17, 15) is 4.79 Å². The number of benzene rings is 1. The molecule has 2 heterocycles. The highest BCUT2D eigenvalue weighted by atomic mass is 16.6. The van der Waals surface area contributed by atoms with Crippen molar-refractivity contribution in [2.75, 3.05) is 5.32 Å². The highest BCUT2D eigenvalue weighted by molar-refractivity contribution is 6.10. The van der Waals surface area contributed by atoms with E-state index >= 15 is 0 Å². The van der Waals surface area contributed by atoms with Crippen LogP contribution in [0.1, 0.15) is 43.3 Å². The standard InChI is InChI=1S/C22H25N7O3/c1-15(13-16-11-12-16)32-22(30)24-19-10-6-9-18(23-19)14-31-26-20(17-7-4-3-5-8-17)21-25-27-28-29(21)2/h3-10,15-16H,11-14H2,1-2H3,(H,23,24,30). The van der Waals surface area contributed by atoms with Crippen LogP contribution in [0.4, 0.5) is 10.6 Å². The van der Waals surface area contributed by atoms with Gasteiger partial charge in [-0.2, -0.15) is 0 Å². The fourth-order valence-corrected chi connectivity index (χ4v) is 3.23. The van der Waals surface area contributed by atoms with Crippen LogP contribution in [0.5, 0.6) is 0 Å². The van der Waals surface area contributed by atoms with Gasteiger partial charge in [-0.05, 0) is 41.8 Å². The summed E-state index contributed by atoms with van der Waals surface area (Å²) in [6.07, 6.45) is 2.72. The number of oxime groups is 1. The number of nitrogens with one attached hydrogen (secondary N) is 1. The maximum Gasteiger partial charge on any atom is 0.413 e. The summed E-state index contributed by atoms with van der Waals surface area (Å²) in [7, 11) is 1.73. The first-order valence-electron chi connectivity index (χ1n) is 10.5. The first-order chi connectivity index (χ1) is 15.6. The molecule has 1 aliphatic rings. The van der Waals surface area contributed by atoms with E-state index in [0.29, 0.717) is 29.0 Å². The highest BCUT2D eigenvalue weighted by Crippen LogP contribution is 2.34. The normalized spacial score (nSPS) is 14.6. The van der Waals surface area contributed by atoms with Crippen LogP contribution < -0.4 is 5.32 Å². The topological polar surface area (TPSA) is 116 Å². The molecule has 0 saturated heterocycles. The molecule has 4 rings (SSSR count). The van der Waals surface area contributed by atoms with Crippen molar-refractivity contribution >= 4 is 17.6 Å². The molecule has 1 atom stereocenters. The van der Waals surface area contributed by atoms with Crippen LogP contribution in [0.15, 0.2) is 53.7 Å². The number of aromatic nitrogens is 5. The average Bonchev–Trinajstić information content (AvgIpc) is 3.49. The predicted octanol–water partition coefficient (Wildman–Crippen LogP) is 3.31. The van der Waals surface area contributed by atoms with E-state index in [1.54, 1.807) is 25.2 Å². The van der Waals surface area contributed by atoms with Gasteiger partial charge in [0.15, 0.2) is 12.3 Å². The molecule has 2 aromatic heterocycles. The first-order valence-corrected chi connectivity index (χ1v) is 10.5. The third kappa shape index (κ3) is 5.87. The van der Waals surface area contributed by atoms with Crippen LogP contribution in [0.25, 0.3) is 0 Å². The van der Waals surface area contributed by atoms with Crippen molar-refractivity contribution in [3.8, 4) is 0 Å². The number of aryl methyl sites for hydroxylation is 1. The maximum absolute atomic E-state index is 12.1. The molecule has 1 amide bonds. The van der Waals surface area contributed by atoms with Crippen LogP contribution in [0.3, 0.4) is 0 Å². The number of amides is 1. The summed E-state index contributed by atoms with van der Waals surface area (Å²) in [5, 5.41) is 18.5. The molecule has 1 aromatic carbocycles. The number of hydrogen-bond acceptors (Lipinski definition) is 8. The van der Waals surface area contributed by atoms with Crippen molar-refractivity contribution < 1.29 is 14.4 Å². The Kier molecular flexibility index (Phi) is 6.69. The molecule has 166 valence electrons. The Morgan fingerprint density at radius 1 is 1.22 bits per heavy atom. The van der Waals surface area contributed by atoms with Crippen molar-refractivity contribution in [2.24, 2.45) is 18.1 Å². The molecular formula is C22H25N7O3. The van der Waals surface area contributed by atoms with Gasteiger partial charge in [-0.25, -0.2) is 14.5 Å². The summed E-state index contributed by atoms with van der Waals surface area (Å²) >= 11 is 0. The highest BCUT2D eigenvalue weighted by Gasteiger charge is 2.25. The second kappa shape index (κ2) is 9.99. The van der Waals surface area contributed by atoms with Gasteiger partial charge in [0.25, 0.3) is 0 Å². The zero-order valence-corrected chi connectivity index (χ0v) is 18.0. The van der Waals surface area contributed by atoms with E-state index in [1.807, 2.05) is 37.3 Å². The average molecular weight is 435 g/mol. The number of carbonyl (C=O) groups is 1. The lowest BCUT2D eigenvalue weighted by Crippen LogP contribution is -2.21. The van der Waals surface area contributed by atoms with E-state index in [4.69, 9.17) is 9.57 Å². The quantitative estimate of drug-likeness (QED) is 0.405. The minimum Gasteiger partial charge on any atom is -0.446 e. The molecule has 1 unspecified atom stereocenters. The first kappa shape index (κ1) is 21.4. The summed E-state index contributed by atoms with van der Waals surface area (Å²) in [5.41, 5.74) is 1.92. The van der Waals surface area contributed by atoms with E-state index in [-0.39, 0.29) is 12.7 Å². The zero-order chi connectivity index (χ0) is 22.3. The third-order valence-corrected chi connectivity index (χ3v) is 4.95. The van der Waals surface area contributed by atoms with Gasteiger partial charge in [0.1, 0.15) is 11.9 Å². The van der Waals surface area contributed by atoms with Crippen molar-refractivity contribution in [3.63, 3.8) is 0 Å². The van der Waals surface area contributed by atoms with Crippen LogP contribution in [-0.2, 0) is 23.2 Å². The molecule has 32 heavy (non-hydrogen) atoms. The molecule has 1 N–H and O–H groups in total. The van der Waals surface area contributed by atoms with Gasteiger partial charge in [-0.3, -0.25) is 5.32 Å². The summed E-state index contributed by atoms with van der Waals surface area (Å²) in [6, 6.07) is 14.8. The smallest absolute Gasteiger partial charge is 0.413 e. The Hall–Kier alpha value is -3.82. The molecule has 1 fully saturated rings. The fourth-order valence-electron chi connectivity index (χ4n) is 3.23. The lowest BCUT2D eigenvalue weighted by Gasteiger charge is -2.13. The van der Waals surface area contributed by atoms with E-state index in [2.05, 4.69) is 31.0 Å². The lowest BCUT2D eigenvalue weighted by atomic mass is 10.1. The number of anilines is 1. The molecule has 1 aliphatic carbocycles. The van der Waals surface area contributed by atoms with Gasteiger partial charge in [-0.1, -0.05) is 54.4 Å². The molecule has 10 nitrogen and oxygen atoms in total. The molecule has 0 radical (unpaired) electrons. The Morgan fingerprint density at radius 2 is 2.03 bits per heavy atom. The molecular weight excluding hydrogens is 410 g/mol. The van der Waals surface area contributed by atoms with Gasteiger partial charge < -0.3 is 9.57 Å². The van der Waals surface area contributed by atoms with E-state index < -0.39 is 6.09 Å². The Balaban J connectivity index is 1.38. The van der Waals surface area contributed by atoms with Gasteiger partial charge in [0.2, 0.25) is 5.82 Å². The number of tetrazole rings is 1. The van der Waals surface area contributed by atoms with Crippen LogP contribution in [0, 0.1) is 5.92 Å². The van der Waals surface area contributed by atoms with Gasteiger partial charge >= 0.3 is 6.09 Å². The summed E-state index contributed by atoms with van der Waals surface area (Å²) in [5.74, 6) is 1.55. The fraction of sp³-hybridized carbons (Fsp3) is 0.364. The molecule has 0 aliphatic heterocycles. The monoisotopic (exact) mass is 435 g/mol. The van der Waals surface area contributed by atoms with Crippen LogP contribution in [0.2, 0.25) is 0 Å². The van der Waals surface area contributed by atoms with Crippen LogP contribution >= 0.6 is 0 Å². The van der Waals surface area contributed by atoms with Crippen molar-refractivity contribution in [1.29, 1.82) is 0 Å². The number of carbonyl (C=O) groups excluding carboxylic acids is 1. The Bertz CT molecular complexity index is 1080. The minimum absolute atomic E-state index is 0.101. The molecule has 1 saturated carbocycles. The van der Waals surface area contributed by atoms with E-state index in [1.165, 1.54) is 17.5 Å². The molecule has 0 spiro atoms. The lowest BCUT2D eigenvalue weighted by molar-refractivity contribution is 0.112. The minimum atomic E-state index is -0.511. The predicted molar refractivity (Wildman–Crippen MR) is 117 cm³/mol. The maximum atomic E-state index is 12.1. The van der Waals surface area contributed by atoms with Crippen molar-refractivity contribution in [2.45, 2.75) is 38.9 Å². The number of nitrogens with zero attached hydrogens (tertiary/aromatic N) is 6. The number of pyridine rings is 1. The summed E-state index contributed by atoms with van der Waals surface area (Å²) in [6.45, 7) is 2.01. The third-order valence-electron chi connectivity index (χ3n) is 4.95. The number of ether oxygens (including phenoxy) is 1.